The van der Waals surface area contributed by atoms with Crippen LogP contribution in [0, 0.1) is 17.2 Å². The zero-order chi connectivity index (χ0) is 14.7. The SMILES string of the molecule is CN(CC1CCCNC1)c1cc(C#N)c2ccccc2n1. The lowest BCUT2D eigenvalue weighted by molar-refractivity contribution is 0.380. The third-order valence-electron chi connectivity index (χ3n) is 4.15. The molecule has 21 heavy (non-hydrogen) atoms. The third kappa shape index (κ3) is 2.98. The minimum Gasteiger partial charge on any atom is -0.359 e. The summed E-state index contributed by atoms with van der Waals surface area (Å²) in [4.78, 5) is 6.88. The molecule has 108 valence electrons. The van der Waals surface area contributed by atoms with E-state index in [0.717, 1.165) is 36.4 Å². The Morgan fingerprint density at radius 3 is 3.05 bits per heavy atom. The van der Waals surface area contributed by atoms with Crippen LogP contribution in [0.5, 0.6) is 0 Å². The fraction of sp³-hybridized carbons (Fsp3) is 0.412. The van der Waals surface area contributed by atoms with Gasteiger partial charge in [-0.1, -0.05) is 18.2 Å². The van der Waals surface area contributed by atoms with Gasteiger partial charge in [-0.25, -0.2) is 4.98 Å². The molecule has 0 saturated carbocycles. The zero-order valence-corrected chi connectivity index (χ0v) is 12.3. The first-order valence-electron chi connectivity index (χ1n) is 7.49. The van der Waals surface area contributed by atoms with Gasteiger partial charge < -0.3 is 10.2 Å². The van der Waals surface area contributed by atoms with Crippen LogP contribution < -0.4 is 10.2 Å². The minimum absolute atomic E-state index is 0.655. The molecule has 2 aromatic rings. The predicted molar refractivity (Wildman–Crippen MR) is 85.3 cm³/mol. The van der Waals surface area contributed by atoms with Crippen LogP contribution in [0.4, 0.5) is 5.82 Å². The fourth-order valence-corrected chi connectivity index (χ4v) is 3.01. The van der Waals surface area contributed by atoms with Gasteiger partial charge in [-0.05, 0) is 44.0 Å². The quantitative estimate of drug-likeness (QED) is 0.938. The number of hydrogen-bond acceptors (Lipinski definition) is 4. The summed E-state index contributed by atoms with van der Waals surface area (Å²) in [6.45, 7) is 3.18. The molecule has 0 spiro atoms. The van der Waals surface area contributed by atoms with Gasteiger partial charge in [-0.15, -0.1) is 0 Å². The zero-order valence-electron chi connectivity index (χ0n) is 12.3. The molecule has 0 amide bonds. The van der Waals surface area contributed by atoms with Gasteiger partial charge in [0.15, 0.2) is 0 Å². The maximum Gasteiger partial charge on any atom is 0.130 e. The lowest BCUT2D eigenvalue weighted by atomic mass is 9.99. The van der Waals surface area contributed by atoms with Crippen LogP contribution in [0.25, 0.3) is 10.9 Å². The molecular weight excluding hydrogens is 260 g/mol. The van der Waals surface area contributed by atoms with Crippen molar-refractivity contribution in [3.63, 3.8) is 0 Å². The molecule has 0 radical (unpaired) electrons. The van der Waals surface area contributed by atoms with Crippen molar-refractivity contribution >= 4 is 16.7 Å². The van der Waals surface area contributed by atoms with E-state index in [9.17, 15) is 5.26 Å². The molecular formula is C17H20N4. The molecule has 1 N–H and O–H groups in total. The second-order valence-corrected chi connectivity index (χ2v) is 5.75. The number of rotatable bonds is 3. The van der Waals surface area contributed by atoms with E-state index < -0.39 is 0 Å². The Bertz CT molecular complexity index is 668. The molecule has 1 aliphatic rings. The Hall–Kier alpha value is -2.12. The maximum absolute atomic E-state index is 9.36. The highest BCUT2D eigenvalue weighted by Crippen LogP contribution is 2.23. The first kappa shape index (κ1) is 13.8. The van der Waals surface area contributed by atoms with Crippen molar-refractivity contribution in [3.05, 3.63) is 35.9 Å². The van der Waals surface area contributed by atoms with Crippen LogP contribution in [0.3, 0.4) is 0 Å². The third-order valence-corrected chi connectivity index (χ3v) is 4.15. The number of fused-ring (bicyclic) bond motifs is 1. The van der Waals surface area contributed by atoms with Crippen molar-refractivity contribution in [3.8, 4) is 6.07 Å². The number of benzene rings is 1. The molecule has 1 aromatic carbocycles. The normalized spacial score (nSPS) is 18.4. The molecule has 3 rings (SSSR count). The monoisotopic (exact) mass is 280 g/mol. The van der Waals surface area contributed by atoms with Crippen LogP contribution in [0.2, 0.25) is 0 Å². The van der Waals surface area contributed by atoms with Crippen LogP contribution in [0.1, 0.15) is 18.4 Å². The van der Waals surface area contributed by atoms with Gasteiger partial charge in [-0.2, -0.15) is 5.26 Å². The van der Waals surface area contributed by atoms with Crippen molar-refractivity contribution in [1.82, 2.24) is 10.3 Å². The van der Waals surface area contributed by atoms with E-state index in [1.54, 1.807) is 0 Å². The van der Waals surface area contributed by atoms with Crippen LogP contribution in [-0.4, -0.2) is 31.7 Å². The molecule has 1 atom stereocenters. The van der Waals surface area contributed by atoms with Crippen LogP contribution in [-0.2, 0) is 0 Å². The van der Waals surface area contributed by atoms with Gasteiger partial charge in [0.05, 0.1) is 17.1 Å². The number of aromatic nitrogens is 1. The summed E-state index contributed by atoms with van der Waals surface area (Å²) in [7, 11) is 2.06. The topological polar surface area (TPSA) is 52.0 Å². The number of pyridine rings is 1. The van der Waals surface area contributed by atoms with E-state index >= 15 is 0 Å². The summed E-state index contributed by atoms with van der Waals surface area (Å²) in [5, 5.41) is 13.7. The molecule has 2 heterocycles. The largest absolute Gasteiger partial charge is 0.359 e. The summed E-state index contributed by atoms with van der Waals surface area (Å²) in [5.74, 6) is 1.54. The van der Waals surface area contributed by atoms with Crippen LogP contribution >= 0.6 is 0 Å². The van der Waals surface area contributed by atoms with Gasteiger partial charge in [-0.3, -0.25) is 0 Å². The first-order valence-corrected chi connectivity index (χ1v) is 7.49. The van der Waals surface area contributed by atoms with Crippen molar-refractivity contribution in [2.45, 2.75) is 12.8 Å². The number of para-hydroxylation sites is 1. The Morgan fingerprint density at radius 2 is 2.29 bits per heavy atom. The average molecular weight is 280 g/mol. The van der Waals surface area contributed by atoms with Crippen molar-refractivity contribution in [2.24, 2.45) is 5.92 Å². The average Bonchev–Trinajstić information content (AvgIpc) is 2.54. The molecule has 1 fully saturated rings. The van der Waals surface area contributed by atoms with Crippen molar-refractivity contribution in [1.29, 1.82) is 5.26 Å². The Labute approximate surface area is 125 Å². The van der Waals surface area contributed by atoms with Gasteiger partial charge in [0.2, 0.25) is 0 Å². The molecule has 1 unspecified atom stereocenters. The Morgan fingerprint density at radius 1 is 1.43 bits per heavy atom. The first-order chi connectivity index (χ1) is 10.3. The predicted octanol–water partition coefficient (Wildman–Crippen LogP) is 2.54. The van der Waals surface area contributed by atoms with E-state index in [4.69, 9.17) is 4.98 Å². The Balaban J connectivity index is 1.87. The number of hydrogen-bond donors (Lipinski definition) is 1. The second kappa shape index (κ2) is 6.11. The highest BCUT2D eigenvalue weighted by atomic mass is 15.2. The van der Waals surface area contributed by atoms with Gasteiger partial charge in [0, 0.05) is 19.0 Å². The highest BCUT2D eigenvalue weighted by Gasteiger charge is 2.16. The summed E-state index contributed by atoms with van der Waals surface area (Å²) < 4.78 is 0. The number of nitriles is 1. The summed E-state index contributed by atoms with van der Waals surface area (Å²) in [6, 6.07) is 12.0. The van der Waals surface area contributed by atoms with E-state index in [1.807, 2.05) is 30.3 Å². The molecule has 1 aliphatic heterocycles. The Kier molecular flexibility index (Phi) is 4.03. The lowest BCUT2D eigenvalue weighted by Gasteiger charge is -2.28. The van der Waals surface area contributed by atoms with Gasteiger partial charge in [0.25, 0.3) is 0 Å². The summed E-state index contributed by atoms with van der Waals surface area (Å²) in [5.41, 5.74) is 1.59. The summed E-state index contributed by atoms with van der Waals surface area (Å²) in [6.07, 6.45) is 2.50. The molecule has 4 nitrogen and oxygen atoms in total. The van der Waals surface area contributed by atoms with E-state index in [2.05, 4.69) is 23.3 Å². The molecule has 1 aromatic heterocycles. The smallest absolute Gasteiger partial charge is 0.130 e. The van der Waals surface area contributed by atoms with E-state index in [0.29, 0.717) is 11.5 Å². The van der Waals surface area contributed by atoms with Gasteiger partial charge in [0.1, 0.15) is 5.82 Å². The minimum atomic E-state index is 0.655. The van der Waals surface area contributed by atoms with Crippen molar-refractivity contribution in [2.75, 3.05) is 31.6 Å². The molecule has 0 bridgehead atoms. The summed E-state index contributed by atoms with van der Waals surface area (Å²) >= 11 is 0. The number of nitrogens with zero attached hydrogens (tertiary/aromatic N) is 3. The standard InChI is InChI=1S/C17H20N4/c1-21(12-13-5-4-8-19-11-13)17-9-14(10-18)15-6-2-3-7-16(15)20-17/h2-3,6-7,9,13,19H,4-5,8,11-12H2,1H3. The van der Waals surface area contributed by atoms with Gasteiger partial charge >= 0.3 is 0 Å². The molecule has 0 aliphatic carbocycles. The second-order valence-electron chi connectivity index (χ2n) is 5.75. The fourth-order valence-electron chi connectivity index (χ4n) is 3.01. The maximum atomic E-state index is 9.36. The highest BCUT2D eigenvalue weighted by molar-refractivity contribution is 5.86. The van der Waals surface area contributed by atoms with Crippen LogP contribution in [0.15, 0.2) is 30.3 Å². The number of piperidine rings is 1. The van der Waals surface area contributed by atoms with E-state index in [1.165, 1.54) is 12.8 Å². The van der Waals surface area contributed by atoms with Crippen molar-refractivity contribution < 1.29 is 0 Å². The number of anilines is 1. The van der Waals surface area contributed by atoms with E-state index in [-0.39, 0.29) is 0 Å². The lowest BCUT2D eigenvalue weighted by Crippen LogP contribution is -2.37. The number of nitrogens with one attached hydrogen (secondary N) is 1. The molecule has 1 saturated heterocycles. The molecule has 4 heteroatoms.